The molecule has 1 N–H and O–H groups in total. The minimum Gasteiger partial charge on any atom is -0.299 e. The van der Waals surface area contributed by atoms with Gasteiger partial charge in [0.1, 0.15) is 0 Å². The van der Waals surface area contributed by atoms with Gasteiger partial charge in [0.2, 0.25) is 0 Å². The Labute approximate surface area is 332 Å². The number of fused-ring (bicyclic) bond motifs is 4. The van der Waals surface area contributed by atoms with Crippen LogP contribution in [0.2, 0.25) is 0 Å². The second-order valence-electron chi connectivity index (χ2n) is 13.7. The highest BCUT2D eigenvalue weighted by Gasteiger charge is 2.20. The summed E-state index contributed by atoms with van der Waals surface area (Å²) < 4.78 is 3.52. The van der Waals surface area contributed by atoms with Crippen molar-refractivity contribution in [2.75, 3.05) is 0 Å². The van der Waals surface area contributed by atoms with Gasteiger partial charge in [-0.25, -0.2) is 15.0 Å². The van der Waals surface area contributed by atoms with Gasteiger partial charge in [0, 0.05) is 53.2 Å². The van der Waals surface area contributed by atoms with E-state index in [-0.39, 0.29) is 0 Å². The van der Waals surface area contributed by atoms with Gasteiger partial charge in [0.05, 0.1) is 16.3 Å². The maximum atomic E-state index is 9.14. The van der Waals surface area contributed by atoms with Crippen molar-refractivity contribution in [1.82, 2.24) is 15.0 Å². The molecule has 0 bridgehead atoms. The van der Waals surface area contributed by atoms with Gasteiger partial charge in [-0.15, -0.1) is 22.7 Å². The number of aliphatic imine (C=N–C) groups is 1. The van der Waals surface area contributed by atoms with Crippen LogP contribution in [0.5, 0.6) is 0 Å². The van der Waals surface area contributed by atoms with E-state index in [1.807, 2.05) is 72.9 Å². The lowest BCUT2D eigenvalue weighted by molar-refractivity contribution is 1.00. The molecule has 1 aliphatic rings. The molecule has 266 valence electrons. The van der Waals surface area contributed by atoms with Crippen molar-refractivity contribution in [3.8, 4) is 45.3 Å². The minimum absolute atomic E-state index is 0.567. The van der Waals surface area contributed by atoms with Crippen LogP contribution in [-0.4, -0.2) is 26.9 Å². The maximum Gasteiger partial charge on any atom is 0.164 e. The van der Waals surface area contributed by atoms with Crippen LogP contribution in [0.1, 0.15) is 23.3 Å². The highest BCUT2D eigenvalue weighted by Crippen LogP contribution is 2.44. The summed E-state index contributed by atoms with van der Waals surface area (Å²) in [4.78, 5) is 21.1. The van der Waals surface area contributed by atoms with Crippen LogP contribution in [0.4, 0.5) is 5.69 Å². The van der Waals surface area contributed by atoms with Gasteiger partial charge in [-0.3, -0.25) is 10.4 Å². The Kier molecular flexibility index (Phi) is 8.78. The zero-order valence-electron chi connectivity index (χ0n) is 30.2. The molecule has 7 heteroatoms. The molecule has 3 heterocycles. The molecule has 1 aliphatic carbocycles. The fourth-order valence-electron chi connectivity index (χ4n) is 7.40. The molecule has 0 saturated heterocycles. The van der Waals surface area contributed by atoms with Crippen molar-refractivity contribution < 1.29 is 0 Å². The first-order chi connectivity index (χ1) is 27.7. The molecule has 0 saturated carbocycles. The second kappa shape index (κ2) is 14.5. The first kappa shape index (κ1) is 33.9. The average molecular weight is 756 g/mol. The van der Waals surface area contributed by atoms with Crippen LogP contribution in [0.25, 0.3) is 75.5 Å². The third kappa shape index (κ3) is 6.27. The van der Waals surface area contributed by atoms with E-state index in [1.54, 1.807) is 22.7 Å². The molecule has 56 heavy (non-hydrogen) atoms. The zero-order chi connectivity index (χ0) is 37.4. The maximum absolute atomic E-state index is 9.14. The van der Waals surface area contributed by atoms with Crippen LogP contribution in [0.3, 0.4) is 0 Å². The third-order valence-corrected chi connectivity index (χ3v) is 12.5. The minimum atomic E-state index is 0.567. The Morgan fingerprint density at radius 3 is 2.02 bits per heavy atom. The second-order valence-corrected chi connectivity index (χ2v) is 15.8. The Hall–Kier alpha value is -6.67. The number of hydrogen-bond donors (Lipinski definition) is 1. The fraction of sp³-hybridized carbons (Fsp3) is 0.0408. The summed E-state index contributed by atoms with van der Waals surface area (Å²) in [5, 5.41) is 12.5. The normalized spacial score (nSPS) is 12.9. The van der Waals surface area contributed by atoms with E-state index in [0.29, 0.717) is 23.2 Å². The Morgan fingerprint density at radius 2 is 1.25 bits per heavy atom. The van der Waals surface area contributed by atoms with E-state index in [2.05, 4.69) is 97.1 Å². The summed E-state index contributed by atoms with van der Waals surface area (Å²) in [6.07, 6.45) is 10.1. The number of rotatable bonds is 8. The summed E-state index contributed by atoms with van der Waals surface area (Å²) in [6, 6.07) is 50.1. The smallest absolute Gasteiger partial charge is 0.164 e. The molecule has 0 amide bonds. The molecule has 10 rings (SSSR count). The first-order valence-corrected chi connectivity index (χ1v) is 20.2. The standard InChI is InChI=1S/C49H33N5S2/c50-43(32-16-4-1-5-17-32)46-44(37-23-10-11-27-40(37)55-46)51-30-31-15-12-22-35(29-31)36-24-13-25-38-42-39(26-14-28-41(42)56-45(36)38)49-53-47(33-18-6-2-7-19-33)52-48(54-49)34-20-8-3-9-21-34/h1-4,6-16,18-30,50H,5,17H2/b50-43?,51-30+. The summed E-state index contributed by atoms with van der Waals surface area (Å²) in [7, 11) is 0. The highest BCUT2D eigenvalue weighted by atomic mass is 32.1. The topological polar surface area (TPSA) is 74.9 Å². The summed E-state index contributed by atoms with van der Waals surface area (Å²) in [5.41, 5.74) is 8.64. The first-order valence-electron chi connectivity index (χ1n) is 18.6. The summed E-state index contributed by atoms with van der Waals surface area (Å²) in [6.45, 7) is 0. The number of allylic oxidation sites excluding steroid dienone is 4. The van der Waals surface area contributed by atoms with Crippen LogP contribution < -0.4 is 0 Å². The molecule has 3 aromatic heterocycles. The van der Waals surface area contributed by atoms with Crippen molar-refractivity contribution in [2.24, 2.45) is 4.99 Å². The molecule has 5 nitrogen and oxygen atoms in total. The lowest BCUT2D eigenvalue weighted by Gasteiger charge is -2.10. The number of nitrogens with zero attached hydrogens (tertiary/aromatic N) is 4. The van der Waals surface area contributed by atoms with Gasteiger partial charge in [-0.1, -0.05) is 146 Å². The van der Waals surface area contributed by atoms with Gasteiger partial charge in [-0.2, -0.15) is 0 Å². The van der Waals surface area contributed by atoms with E-state index in [4.69, 9.17) is 25.4 Å². The van der Waals surface area contributed by atoms with E-state index in [1.165, 1.54) is 14.8 Å². The predicted octanol–water partition coefficient (Wildman–Crippen LogP) is 13.5. The highest BCUT2D eigenvalue weighted by molar-refractivity contribution is 7.26. The van der Waals surface area contributed by atoms with E-state index in [0.717, 1.165) is 77.8 Å². The summed E-state index contributed by atoms with van der Waals surface area (Å²) in [5.74, 6) is 1.94. The van der Waals surface area contributed by atoms with Crippen molar-refractivity contribution >= 4 is 70.5 Å². The molecule has 0 atom stereocenters. The van der Waals surface area contributed by atoms with E-state index in [9.17, 15) is 0 Å². The molecule has 6 aromatic carbocycles. The van der Waals surface area contributed by atoms with Gasteiger partial charge >= 0.3 is 0 Å². The van der Waals surface area contributed by atoms with Gasteiger partial charge in [-0.05, 0) is 53.3 Å². The molecule has 0 aliphatic heterocycles. The van der Waals surface area contributed by atoms with Crippen molar-refractivity contribution in [2.45, 2.75) is 12.8 Å². The van der Waals surface area contributed by atoms with Crippen molar-refractivity contribution in [1.29, 1.82) is 5.41 Å². The third-order valence-electron chi connectivity index (χ3n) is 10.1. The van der Waals surface area contributed by atoms with Crippen LogP contribution in [0.15, 0.2) is 174 Å². The number of hydrogen-bond acceptors (Lipinski definition) is 7. The Bertz CT molecular complexity index is 2990. The Balaban J connectivity index is 1.06. The number of benzene rings is 6. The molecule has 0 fully saturated rings. The fourth-order valence-corrected chi connectivity index (χ4v) is 9.80. The quantitative estimate of drug-likeness (QED) is 0.157. The average Bonchev–Trinajstić information content (AvgIpc) is 3.85. The monoisotopic (exact) mass is 755 g/mol. The van der Waals surface area contributed by atoms with Crippen molar-refractivity contribution in [3.05, 3.63) is 180 Å². The number of thiophene rings is 2. The zero-order valence-corrected chi connectivity index (χ0v) is 31.8. The number of nitrogens with one attached hydrogen (secondary N) is 1. The predicted molar refractivity (Wildman–Crippen MR) is 237 cm³/mol. The molecular formula is C49H33N5S2. The molecule has 0 spiro atoms. The molecule has 0 radical (unpaired) electrons. The van der Waals surface area contributed by atoms with Crippen molar-refractivity contribution in [3.63, 3.8) is 0 Å². The lowest BCUT2D eigenvalue weighted by Crippen LogP contribution is -2.03. The molecule has 9 aromatic rings. The summed E-state index contributed by atoms with van der Waals surface area (Å²) >= 11 is 3.44. The SMILES string of the molecule is N=C(C1=CC=CCC1)c1sc2ccccc2c1/N=C/c1cccc(-c2cccc3c2sc2cccc(-c4nc(-c5ccccc5)nc(-c5ccccc5)n4)c23)c1. The van der Waals surface area contributed by atoms with E-state index >= 15 is 0 Å². The van der Waals surface area contributed by atoms with Gasteiger partial charge in [0.15, 0.2) is 17.5 Å². The van der Waals surface area contributed by atoms with E-state index < -0.39 is 0 Å². The van der Waals surface area contributed by atoms with Gasteiger partial charge < -0.3 is 0 Å². The lowest BCUT2D eigenvalue weighted by atomic mass is 9.98. The Morgan fingerprint density at radius 1 is 0.607 bits per heavy atom. The molecule has 0 unspecified atom stereocenters. The van der Waals surface area contributed by atoms with Crippen LogP contribution in [-0.2, 0) is 0 Å². The number of aromatic nitrogens is 3. The van der Waals surface area contributed by atoms with Crippen LogP contribution >= 0.6 is 22.7 Å². The van der Waals surface area contributed by atoms with Gasteiger partial charge in [0.25, 0.3) is 0 Å². The largest absolute Gasteiger partial charge is 0.299 e. The van der Waals surface area contributed by atoms with Crippen LogP contribution in [0, 0.1) is 5.41 Å². The molecular weight excluding hydrogens is 723 g/mol.